The van der Waals surface area contributed by atoms with E-state index in [1.165, 1.54) is 4.90 Å². The summed E-state index contributed by atoms with van der Waals surface area (Å²) in [7, 11) is 3.19. The van der Waals surface area contributed by atoms with Crippen molar-refractivity contribution in [2.24, 2.45) is 0 Å². The summed E-state index contributed by atoms with van der Waals surface area (Å²) in [6, 6.07) is 19.1. The molecule has 0 aromatic heterocycles. The summed E-state index contributed by atoms with van der Waals surface area (Å²) in [6.45, 7) is 10.2. The number of hydrogen-bond acceptors (Lipinski definition) is 6. The Labute approximate surface area is 236 Å². The number of Topliss-reactive ketones (excluding diaryl/α,β-unsaturated/α-hetero) is 1. The number of carbonyl (C=O) groups is 2. The number of carbonyl (C=O) groups excluding carboxylic acids is 2. The number of hydrogen-bond donors (Lipinski definition) is 1. The third-order valence-electron chi connectivity index (χ3n) is 6.90. The monoisotopic (exact) mass is 543 g/mol. The summed E-state index contributed by atoms with van der Waals surface area (Å²) in [5.41, 5.74) is 2.59. The number of ether oxygens (including phenoxy) is 3. The number of nitrogens with zero attached hydrogens (tertiary/aromatic N) is 1. The Balaban J connectivity index is 1.85. The fraction of sp³-hybridized carbons (Fsp3) is 0.333. The topological polar surface area (TPSA) is 85.3 Å². The van der Waals surface area contributed by atoms with Crippen LogP contribution in [-0.2, 0) is 21.5 Å². The maximum Gasteiger partial charge on any atom is 0.295 e. The van der Waals surface area contributed by atoms with Crippen LogP contribution in [0, 0.1) is 0 Å². The summed E-state index contributed by atoms with van der Waals surface area (Å²) in [4.78, 5) is 28.5. The molecule has 0 radical (unpaired) electrons. The molecule has 7 nitrogen and oxygen atoms in total. The molecule has 7 heteroatoms. The smallest absolute Gasteiger partial charge is 0.295 e. The molecule has 210 valence electrons. The van der Waals surface area contributed by atoms with E-state index in [4.69, 9.17) is 14.2 Å². The van der Waals surface area contributed by atoms with Gasteiger partial charge in [0.1, 0.15) is 23.0 Å². The van der Waals surface area contributed by atoms with Crippen molar-refractivity contribution in [3.63, 3.8) is 0 Å². The zero-order chi connectivity index (χ0) is 29.2. The predicted molar refractivity (Wildman–Crippen MR) is 155 cm³/mol. The Bertz CT molecular complexity index is 1410. The summed E-state index contributed by atoms with van der Waals surface area (Å²) >= 11 is 0. The SMILES string of the molecule is COc1ccc(CN2C(=O)C(=O)/C(=C(\O)c3ccc(OC)c(C(C)(C)C)c3)C2c2ccc(OC(C)C)cc2)cc1. The number of aliphatic hydroxyl groups is 1. The van der Waals surface area contributed by atoms with Crippen LogP contribution in [0.1, 0.15) is 62.9 Å². The third-order valence-corrected chi connectivity index (χ3v) is 6.90. The van der Waals surface area contributed by atoms with E-state index >= 15 is 0 Å². The number of likely N-dealkylation sites (tertiary alicyclic amines) is 1. The molecule has 40 heavy (non-hydrogen) atoms. The van der Waals surface area contributed by atoms with Crippen LogP contribution in [0.2, 0.25) is 0 Å². The van der Waals surface area contributed by atoms with Crippen LogP contribution in [-0.4, -0.2) is 42.0 Å². The summed E-state index contributed by atoms with van der Waals surface area (Å²) < 4.78 is 16.6. The first kappa shape index (κ1) is 28.7. The second-order valence-electron chi connectivity index (χ2n) is 11.2. The van der Waals surface area contributed by atoms with Crippen molar-refractivity contribution >= 4 is 17.4 Å². The van der Waals surface area contributed by atoms with E-state index in [1.807, 2.05) is 89.2 Å². The molecule has 1 heterocycles. The van der Waals surface area contributed by atoms with E-state index in [2.05, 4.69) is 0 Å². The minimum absolute atomic E-state index is 0.00126. The Morgan fingerprint density at radius 3 is 2.08 bits per heavy atom. The van der Waals surface area contributed by atoms with Crippen molar-refractivity contribution < 1.29 is 28.9 Å². The molecule has 1 fully saturated rings. The highest BCUT2D eigenvalue weighted by molar-refractivity contribution is 6.46. The molecule has 0 saturated carbocycles. The van der Waals surface area contributed by atoms with Crippen LogP contribution in [0.3, 0.4) is 0 Å². The number of ketones is 1. The fourth-order valence-corrected chi connectivity index (χ4v) is 4.92. The summed E-state index contributed by atoms with van der Waals surface area (Å²) in [5.74, 6) is 0.423. The molecule has 1 aliphatic heterocycles. The Hall–Kier alpha value is -4.26. The molecule has 1 saturated heterocycles. The standard InChI is InChI=1S/C33H37NO6/c1-20(2)40-25-15-10-22(11-16-25)29-28(30(35)23-12-17-27(39-7)26(18-23)33(3,4)5)31(36)32(37)34(29)19-21-8-13-24(38-6)14-9-21/h8-18,20,29,35H,19H2,1-7H3/b30-28-. The molecule has 1 unspecified atom stereocenters. The molecule has 1 atom stereocenters. The van der Waals surface area contributed by atoms with E-state index < -0.39 is 17.7 Å². The van der Waals surface area contributed by atoms with E-state index in [9.17, 15) is 14.7 Å². The number of rotatable bonds is 8. The molecule has 0 spiro atoms. The normalized spacial score (nSPS) is 16.9. The Kier molecular flexibility index (Phi) is 8.24. The lowest BCUT2D eigenvalue weighted by molar-refractivity contribution is -0.140. The lowest BCUT2D eigenvalue weighted by Crippen LogP contribution is -2.29. The Morgan fingerprint density at radius 1 is 0.900 bits per heavy atom. The van der Waals surface area contributed by atoms with Gasteiger partial charge in [-0.1, -0.05) is 45.0 Å². The van der Waals surface area contributed by atoms with Crippen molar-refractivity contribution in [3.05, 3.63) is 94.6 Å². The van der Waals surface area contributed by atoms with Crippen molar-refractivity contribution in [2.45, 2.75) is 58.7 Å². The molecule has 4 rings (SSSR count). The van der Waals surface area contributed by atoms with Crippen LogP contribution in [0.15, 0.2) is 72.3 Å². The van der Waals surface area contributed by atoms with Crippen LogP contribution in [0.25, 0.3) is 5.76 Å². The van der Waals surface area contributed by atoms with Gasteiger partial charge in [-0.05, 0) is 72.9 Å². The number of methoxy groups -OCH3 is 2. The van der Waals surface area contributed by atoms with E-state index in [0.717, 1.165) is 11.1 Å². The minimum atomic E-state index is -0.796. The van der Waals surface area contributed by atoms with Crippen molar-refractivity contribution in [1.82, 2.24) is 4.90 Å². The van der Waals surface area contributed by atoms with Gasteiger partial charge < -0.3 is 24.2 Å². The first-order chi connectivity index (χ1) is 18.9. The summed E-state index contributed by atoms with van der Waals surface area (Å²) in [5, 5.41) is 11.6. The van der Waals surface area contributed by atoms with Gasteiger partial charge in [0.15, 0.2) is 0 Å². The van der Waals surface area contributed by atoms with Gasteiger partial charge in [-0.25, -0.2) is 0 Å². The molecule has 3 aromatic carbocycles. The maximum absolute atomic E-state index is 13.5. The molecule has 1 aliphatic rings. The van der Waals surface area contributed by atoms with Crippen molar-refractivity contribution in [1.29, 1.82) is 0 Å². The van der Waals surface area contributed by atoms with Gasteiger partial charge in [0.25, 0.3) is 11.7 Å². The van der Waals surface area contributed by atoms with Gasteiger partial charge in [-0.3, -0.25) is 9.59 Å². The fourth-order valence-electron chi connectivity index (χ4n) is 4.92. The highest BCUT2D eigenvalue weighted by Gasteiger charge is 2.46. The van der Waals surface area contributed by atoms with Gasteiger partial charge in [0.2, 0.25) is 0 Å². The van der Waals surface area contributed by atoms with Crippen LogP contribution < -0.4 is 14.2 Å². The molecule has 1 N–H and O–H groups in total. The second kappa shape index (κ2) is 11.5. The number of aliphatic hydroxyl groups excluding tert-OH is 1. The zero-order valence-electron chi connectivity index (χ0n) is 24.1. The van der Waals surface area contributed by atoms with Gasteiger partial charge in [-0.2, -0.15) is 0 Å². The van der Waals surface area contributed by atoms with Crippen LogP contribution in [0.4, 0.5) is 0 Å². The lowest BCUT2D eigenvalue weighted by Gasteiger charge is -2.26. The maximum atomic E-state index is 13.5. The highest BCUT2D eigenvalue weighted by atomic mass is 16.5. The van der Waals surface area contributed by atoms with Gasteiger partial charge >= 0.3 is 0 Å². The molecule has 1 amide bonds. The average molecular weight is 544 g/mol. The number of benzene rings is 3. The molecule has 0 bridgehead atoms. The second-order valence-corrected chi connectivity index (χ2v) is 11.2. The lowest BCUT2D eigenvalue weighted by atomic mass is 9.84. The predicted octanol–water partition coefficient (Wildman–Crippen LogP) is 6.41. The van der Waals surface area contributed by atoms with E-state index in [-0.39, 0.29) is 29.4 Å². The van der Waals surface area contributed by atoms with E-state index in [0.29, 0.717) is 28.4 Å². The highest BCUT2D eigenvalue weighted by Crippen LogP contribution is 2.42. The molecular formula is C33H37NO6. The van der Waals surface area contributed by atoms with Crippen LogP contribution >= 0.6 is 0 Å². The van der Waals surface area contributed by atoms with Gasteiger partial charge in [0, 0.05) is 17.7 Å². The largest absolute Gasteiger partial charge is 0.507 e. The average Bonchev–Trinajstić information content (AvgIpc) is 3.17. The first-order valence-corrected chi connectivity index (χ1v) is 13.3. The quantitative estimate of drug-likeness (QED) is 0.201. The minimum Gasteiger partial charge on any atom is -0.507 e. The van der Waals surface area contributed by atoms with Gasteiger partial charge in [0.05, 0.1) is 31.9 Å². The molecule has 0 aliphatic carbocycles. The number of amides is 1. The van der Waals surface area contributed by atoms with Crippen molar-refractivity contribution in [3.8, 4) is 17.2 Å². The van der Waals surface area contributed by atoms with Gasteiger partial charge in [-0.15, -0.1) is 0 Å². The van der Waals surface area contributed by atoms with E-state index in [1.54, 1.807) is 26.4 Å². The van der Waals surface area contributed by atoms with Crippen molar-refractivity contribution in [2.75, 3.05) is 14.2 Å². The molecular weight excluding hydrogens is 506 g/mol. The van der Waals surface area contributed by atoms with Crippen LogP contribution in [0.5, 0.6) is 17.2 Å². The third kappa shape index (κ3) is 5.83. The molecule has 3 aromatic rings. The first-order valence-electron chi connectivity index (χ1n) is 13.3. The summed E-state index contributed by atoms with van der Waals surface area (Å²) in [6.07, 6.45) is -0.00126. The zero-order valence-corrected chi connectivity index (χ0v) is 24.1. The Morgan fingerprint density at radius 2 is 1.52 bits per heavy atom.